The van der Waals surface area contributed by atoms with Crippen molar-refractivity contribution in [2.45, 2.75) is 25.7 Å². The molecule has 0 aliphatic heterocycles. The Morgan fingerprint density at radius 2 is 1.88 bits per heavy atom. The van der Waals surface area contributed by atoms with Crippen LogP contribution in [0.15, 0.2) is 42.5 Å². The molecule has 0 bridgehead atoms. The van der Waals surface area contributed by atoms with Crippen LogP contribution in [0.1, 0.15) is 23.7 Å². The number of alkyl halides is 3. The number of anilines is 1. The Hall–Kier alpha value is -2.59. The lowest BCUT2D eigenvalue weighted by Crippen LogP contribution is -2.32. The summed E-state index contributed by atoms with van der Waals surface area (Å²) in [5, 5.41) is 12.0. The van der Waals surface area contributed by atoms with Gasteiger partial charge in [-0.15, -0.1) is 0 Å². The zero-order chi connectivity index (χ0) is 18.4. The second-order valence-electron chi connectivity index (χ2n) is 5.93. The molecule has 0 aliphatic carbocycles. The number of hydrogen-bond acceptors (Lipinski definition) is 4. The summed E-state index contributed by atoms with van der Waals surface area (Å²) in [6.07, 6.45) is -4.54. The number of halogens is 3. The van der Waals surface area contributed by atoms with Crippen LogP contribution in [0.25, 0.3) is 0 Å². The first-order valence-electron chi connectivity index (χ1n) is 7.77. The summed E-state index contributed by atoms with van der Waals surface area (Å²) < 4.78 is 38.4. The molecule has 0 amide bonds. The Morgan fingerprint density at radius 3 is 2.48 bits per heavy atom. The normalized spacial score (nSPS) is 12.7. The van der Waals surface area contributed by atoms with E-state index in [-0.39, 0.29) is 17.4 Å². The molecule has 25 heavy (non-hydrogen) atoms. The van der Waals surface area contributed by atoms with Gasteiger partial charge in [0.15, 0.2) is 0 Å². The Balaban J connectivity index is 2.04. The van der Waals surface area contributed by atoms with Crippen molar-refractivity contribution in [3.05, 3.63) is 59.3 Å². The van der Waals surface area contributed by atoms with Gasteiger partial charge < -0.3 is 10.2 Å². The van der Waals surface area contributed by atoms with E-state index in [9.17, 15) is 13.2 Å². The Morgan fingerprint density at radius 1 is 1.20 bits per heavy atom. The summed E-state index contributed by atoms with van der Waals surface area (Å²) in [6.45, 7) is 3.14. The molecule has 1 unspecified atom stereocenters. The van der Waals surface area contributed by atoms with Crippen molar-refractivity contribution in [1.82, 2.24) is 9.88 Å². The van der Waals surface area contributed by atoms with Crippen molar-refractivity contribution in [1.29, 1.82) is 5.26 Å². The minimum absolute atomic E-state index is 0.0436. The maximum atomic E-state index is 12.8. The quantitative estimate of drug-likeness (QED) is 0.860. The Labute approximate surface area is 144 Å². The summed E-state index contributed by atoms with van der Waals surface area (Å²) in [6, 6.07) is 13.5. The molecule has 1 N–H and O–H groups in total. The van der Waals surface area contributed by atoms with Crippen LogP contribution < -0.4 is 5.32 Å². The van der Waals surface area contributed by atoms with Gasteiger partial charge in [-0.25, -0.2) is 4.98 Å². The van der Waals surface area contributed by atoms with Crippen LogP contribution in [0.5, 0.6) is 0 Å². The van der Waals surface area contributed by atoms with Crippen LogP contribution in [0.3, 0.4) is 0 Å². The van der Waals surface area contributed by atoms with Gasteiger partial charge in [0.25, 0.3) is 0 Å². The van der Waals surface area contributed by atoms with Crippen LogP contribution in [0.2, 0.25) is 0 Å². The molecule has 0 spiro atoms. The minimum Gasteiger partial charge on any atom is -0.365 e. The van der Waals surface area contributed by atoms with Crippen LogP contribution in [0.4, 0.5) is 19.0 Å². The van der Waals surface area contributed by atoms with Gasteiger partial charge in [0.1, 0.15) is 17.6 Å². The smallest absolute Gasteiger partial charge is 0.365 e. The third-order valence-electron chi connectivity index (χ3n) is 3.57. The first-order chi connectivity index (χ1) is 11.8. The van der Waals surface area contributed by atoms with Crippen LogP contribution in [0, 0.1) is 11.3 Å². The second-order valence-corrected chi connectivity index (χ2v) is 5.93. The zero-order valence-corrected chi connectivity index (χ0v) is 14.0. The third-order valence-corrected chi connectivity index (χ3v) is 3.57. The van der Waals surface area contributed by atoms with Gasteiger partial charge in [-0.05, 0) is 31.7 Å². The first kappa shape index (κ1) is 18.7. The van der Waals surface area contributed by atoms with Crippen LogP contribution >= 0.6 is 0 Å². The standard InChI is InChI=1S/C18H19F3N4/c1-13(11-25(2)12-14-6-4-3-5-7-14)23-17-15(10-22)8-9-16(24-17)18(19,20)21/h3-9,13H,11-12H2,1-2H3,(H,23,24). The lowest BCUT2D eigenvalue weighted by atomic mass is 10.2. The molecule has 2 aromatic rings. The fourth-order valence-electron chi connectivity index (χ4n) is 2.52. The van der Waals surface area contributed by atoms with Crippen molar-refractivity contribution in [3.8, 4) is 6.07 Å². The highest BCUT2D eigenvalue weighted by molar-refractivity contribution is 5.53. The van der Waals surface area contributed by atoms with Gasteiger partial charge in [-0.2, -0.15) is 18.4 Å². The molecule has 0 radical (unpaired) electrons. The van der Waals surface area contributed by atoms with Gasteiger partial charge in [0, 0.05) is 19.1 Å². The summed E-state index contributed by atoms with van der Waals surface area (Å²) >= 11 is 0. The van der Waals surface area contributed by atoms with E-state index in [0.717, 1.165) is 17.7 Å². The SMILES string of the molecule is CC(CN(C)Cc1ccccc1)Nc1nc(C(F)(F)F)ccc1C#N. The molecular weight excluding hydrogens is 329 g/mol. The lowest BCUT2D eigenvalue weighted by molar-refractivity contribution is -0.141. The van der Waals surface area contributed by atoms with Crippen molar-refractivity contribution in [2.24, 2.45) is 0 Å². The number of nitrogens with zero attached hydrogens (tertiary/aromatic N) is 3. The van der Waals surface area contributed by atoms with Crippen LogP contribution in [-0.2, 0) is 12.7 Å². The maximum Gasteiger partial charge on any atom is 0.433 e. The van der Waals surface area contributed by atoms with Crippen molar-refractivity contribution in [2.75, 3.05) is 18.9 Å². The maximum absolute atomic E-state index is 12.8. The predicted octanol–water partition coefficient (Wildman–Crippen LogP) is 3.90. The second kappa shape index (κ2) is 7.99. The molecule has 1 aromatic heterocycles. The van der Waals surface area contributed by atoms with E-state index < -0.39 is 11.9 Å². The number of benzene rings is 1. The molecule has 1 atom stereocenters. The fraction of sp³-hybridized carbons (Fsp3) is 0.333. The largest absolute Gasteiger partial charge is 0.433 e. The van der Waals surface area contributed by atoms with Crippen molar-refractivity contribution in [3.63, 3.8) is 0 Å². The Kier molecular flexibility index (Phi) is 5.99. The highest BCUT2D eigenvalue weighted by atomic mass is 19.4. The minimum atomic E-state index is -4.54. The monoisotopic (exact) mass is 348 g/mol. The van der Waals surface area contributed by atoms with E-state index >= 15 is 0 Å². The van der Waals surface area contributed by atoms with Gasteiger partial charge in [-0.1, -0.05) is 30.3 Å². The molecule has 7 heteroatoms. The average molecular weight is 348 g/mol. The Bertz CT molecular complexity index is 738. The highest BCUT2D eigenvalue weighted by Crippen LogP contribution is 2.29. The summed E-state index contributed by atoms with van der Waals surface area (Å²) in [7, 11) is 1.93. The number of likely N-dealkylation sites (N-methyl/N-ethyl adjacent to an activating group) is 1. The number of aromatic nitrogens is 1. The molecule has 4 nitrogen and oxygen atoms in total. The first-order valence-corrected chi connectivity index (χ1v) is 7.77. The van der Waals surface area contributed by atoms with E-state index in [0.29, 0.717) is 13.1 Å². The molecular formula is C18H19F3N4. The predicted molar refractivity (Wildman–Crippen MR) is 89.8 cm³/mol. The summed E-state index contributed by atoms with van der Waals surface area (Å²) in [4.78, 5) is 5.62. The fourth-order valence-corrected chi connectivity index (χ4v) is 2.52. The van der Waals surface area contributed by atoms with Gasteiger partial charge in [0.2, 0.25) is 0 Å². The van der Waals surface area contributed by atoms with Crippen molar-refractivity contribution >= 4 is 5.82 Å². The molecule has 2 rings (SSSR count). The van der Waals surface area contributed by atoms with E-state index in [4.69, 9.17) is 5.26 Å². The van der Waals surface area contributed by atoms with E-state index in [1.807, 2.05) is 55.3 Å². The van der Waals surface area contributed by atoms with E-state index in [1.54, 1.807) is 0 Å². The van der Waals surface area contributed by atoms with Crippen LogP contribution in [-0.4, -0.2) is 29.5 Å². The van der Waals surface area contributed by atoms with E-state index in [1.165, 1.54) is 0 Å². The average Bonchev–Trinajstić information content (AvgIpc) is 2.54. The summed E-state index contributed by atoms with van der Waals surface area (Å²) in [5.74, 6) is -0.0436. The molecule has 0 fully saturated rings. The third kappa shape index (κ3) is 5.47. The number of nitrogens with one attached hydrogen (secondary N) is 1. The topological polar surface area (TPSA) is 52.0 Å². The molecule has 0 saturated heterocycles. The molecule has 0 saturated carbocycles. The number of pyridine rings is 1. The highest BCUT2D eigenvalue weighted by Gasteiger charge is 2.33. The van der Waals surface area contributed by atoms with Gasteiger partial charge in [-0.3, -0.25) is 0 Å². The lowest BCUT2D eigenvalue weighted by Gasteiger charge is -2.23. The molecule has 1 heterocycles. The number of rotatable bonds is 6. The molecule has 1 aromatic carbocycles. The van der Waals surface area contributed by atoms with Crippen molar-refractivity contribution < 1.29 is 13.2 Å². The molecule has 0 aliphatic rings. The van der Waals surface area contributed by atoms with Gasteiger partial charge in [0.05, 0.1) is 5.56 Å². The van der Waals surface area contributed by atoms with E-state index in [2.05, 4.69) is 10.3 Å². The summed E-state index contributed by atoms with van der Waals surface area (Å²) in [5.41, 5.74) is 0.219. The number of hydrogen-bond donors (Lipinski definition) is 1. The zero-order valence-electron chi connectivity index (χ0n) is 14.0. The molecule has 132 valence electrons. The number of nitriles is 1. The van der Waals surface area contributed by atoms with Gasteiger partial charge >= 0.3 is 6.18 Å².